The molecule has 0 aromatic heterocycles. The van der Waals surface area contributed by atoms with Crippen molar-refractivity contribution in [3.05, 3.63) is 0 Å². The molecule has 0 saturated carbocycles. The molecule has 23 heavy (non-hydrogen) atoms. The zero-order valence-corrected chi connectivity index (χ0v) is 12.0. The van der Waals surface area contributed by atoms with Gasteiger partial charge >= 0.3 is 0 Å². The Balaban J connectivity index is 2.07. The Kier molecular flexibility index (Phi) is 6.27. The van der Waals surface area contributed by atoms with Crippen LogP contribution in [-0.2, 0) is 14.2 Å². The molecule has 11 heteroatoms. The molecule has 8 N–H and O–H groups in total. The van der Waals surface area contributed by atoms with Crippen LogP contribution >= 0.6 is 0 Å². The highest BCUT2D eigenvalue weighted by molar-refractivity contribution is 4.92. The summed E-state index contributed by atoms with van der Waals surface area (Å²) in [6.07, 6.45) is -15.6. The smallest absolute Gasteiger partial charge is 0.189 e. The fourth-order valence-electron chi connectivity index (χ4n) is 2.49. The molecule has 0 spiro atoms. The van der Waals surface area contributed by atoms with E-state index in [2.05, 4.69) is 0 Å². The molecule has 2 aliphatic heterocycles. The summed E-state index contributed by atoms with van der Waals surface area (Å²) < 4.78 is 15.3. The Morgan fingerprint density at radius 3 is 1.22 bits per heavy atom. The third-order valence-corrected chi connectivity index (χ3v) is 3.97. The first-order valence-corrected chi connectivity index (χ1v) is 7.08. The fourth-order valence-corrected chi connectivity index (χ4v) is 2.49. The maximum Gasteiger partial charge on any atom is 0.189 e. The molecule has 2 rings (SSSR count). The summed E-state index contributed by atoms with van der Waals surface area (Å²) in [5.41, 5.74) is 0. The van der Waals surface area contributed by atoms with E-state index in [0.29, 0.717) is 0 Å². The van der Waals surface area contributed by atoms with E-state index in [0.717, 1.165) is 0 Å². The lowest BCUT2D eigenvalue weighted by molar-refractivity contribution is -0.376. The SMILES string of the molecule is OC[C@H]1OC(OC2O[C@H](CO)[C@@H](O)[C@H](O)[C@@H]2O)[C@@H](O)[C@@H](O)[C@@H]1O. The molecule has 2 fully saturated rings. The second kappa shape index (κ2) is 7.63. The van der Waals surface area contributed by atoms with E-state index in [1.165, 1.54) is 0 Å². The van der Waals surface area contributed by atoms with Gasteiger partial charge in [-0.1, -0.05) is 0 Å². The molecule has 0 aromatic rings. The molecule has 136 valence electrons. The van der Waals surface area contributed by atoms with Crippen LogP contribution in [0.25, 0.3) is 0 Å². The zero-order valence-electron chi connectivity index (χ0n) is 12.0. The van der Waals surface area contributed by atoms with Gasteiger partial charge in [-0.05, 0) is 0 Å². The second-order valence-electron chi connectivity index (χ2n) is 5.53. The molecule has 0 radical (unpaired) electrons. The quantitative estimate of drug-likeness (QED) is 0.243. The first-order valence-electron chi connectivity index (χ1n) is 7.08. The lowest BCUT2D eigenvalue weighted by Gasteiger charge is -2.44. The molecule has 0 aromatic carbocycles. The molecule has 2 unspecified atom stereocenters. The van der Waals surface area contributed by atoms with Crippen molar-refractivity contribution < 1.29 is 55.1 Å². The summed E-state index contributed by atoms with van der Waals surface area (Å²) in [5, 5.41) is 76.4. The average molecular weight is 342 g/mol. The summed E-state index contributed by atoms with van der Waals surface area (Å²) in [6.45, 7) is -1.33. The minimum Gasteiger partial charge on any atom is -0.394 e. The molecule has 10 atom stereocenters. The monoisotopic (exact) mass is 342 g/mol. The average Bonchev–Trinajstić information content (AvgIpc) is 2.55. The van der Waals surface area contributed by atoms with Gasteiger partial charge in [0.25, 0.3) is 0 Å². The van der Waals surface area contributed by atoms with E-state index in [9.17, 15) is 30.6 Å². The lowest BCUT2D eigenvalue weighted by atomic mass is 9.98. The van der Waals surface area contributed by atoms with Crippen molar-refractivity contribution in [2.75, 3.05) is 13.2 Å². The van der Waals surface area contributed by atoms with Crippen LogP contribution in [0.1, 0.15) is 0 Å². The minimum atomic E-state index is -1.72. The molecular formula is C12H22O11. The summed E-state index contributed by atoms with van der Waals surface area (Å²) in [7, 11) is 0. The Morgan fingerprint density at radius 2 is 0.913 bits per heavy atom. The van der Waals surface area contributed by atoms with Crippen molar-refractivity contribution in [1.29, 1.82) is 0 Å². The zero-order chi connectivity index (χ0) is 17.3. The van der Waals surface area contributed by atoms with E-state index < -0.39 is 74.6 Å². The summed E-state index contributed by atoms with van der Waals surface area (Å²) in [4.78, 5) is 0. The molecule has 0 aliphatic carbocycles. The summed E-state index contributed by atoms with van der Waals surface area (Å²) in [6, 6.07) is 0. The number of aliphatic hydroxyl groups is 8. The minimum absolute atomic E-state index is 0.667. The Hall–Kier alpha value is -0.440. The van der Waals surface area contributed by atoms with E-state index in [1.54, 1.807) is 0 Å². The molecule has 2 aliphatic rings. The van der Waals surface area contributed by atoms with E-state index in [4.69, 9.17) is 24.4 Å². The van der Waals surface area contributed by atoms with Crippen molar-refractivity contribution in [3.8, 4) is 0 Å². The van der Waals surface area contributed by atoms with Crippen molar-refractivity contribution in [2.24, 2.45) is 0 Å². The highest BCUT2D eigenvalue weighted by Gasteiger charge is 2.49. The third-order valence-electron chi connectivity index (χ3n) is 3.97. The molecule has 2 heterocycles. The predicted octanol–water partition coefficient (Wildman–Crippen LogP) is -5.40. The van der Waals surface area contributed by atoms with Gasteiger partial charge in [0.15, 0.2) is 12.6 Å². The highest BCUT2D eigenvalue weighted by Crippen LogP contribution is 2.27. The normalized spacial score (nSPS) is 51.7. The first kappa shape index (κ1) is 18.9. The largest absolute Gasteiger partial charge is 0.394 e. The van der Waals surface area contributed by atoms with Crippen LogP contribution in [0.5, 0.6) is 0 Å². The van der Waals surface area contributed by atoms with E-state index in [-0.39, 0.29) is 0 Å². The number of rotatable bonds is 4. The highest BCUT2D eigenvalue weighted by atomic mass is 16.8. The van der Waals surface area contributed by atoms with Gasteiger partial charge in [-0.25, -0.2) is 0 Å². The standard InChI is InChI=1S/C12H22O11/c13-1-3-5(15)7(17)9(19)11(21-3)23-12-10(20)8(18)6(16)4(2-14)22-12/h3-20H,1-2H2/t3-,4-,5-,6-,7+,8+,9+,10+,11?,12?/m1/s1. The van der Waals surface area contributed by atoms with Crippen LogP contribution in [0, 0.1) is 0 Å². The van der Waals surface area contributed by atoms with Crippen molar-refractivity contribution in [3.63, 3.8) is 0 Å². The lowest BCUT2D eigenvalue weighted by Crippen LogP contribution is -2.63. The van der Waals surface area contributed by atoms with E-state index >= 15 is 0 Å². The van der Waals surface area contributed by atoms with Gasteiger partial charge in [0.2, 0.25) is 0 Å². The molecule has 0 bridgehead atoms. The van der Waals surface area contributed by atoms with Crippen LogP contribution in [0.3, 0.4) is 0 Å². The summed E-state index contributed by atoms with van der Waals surface area (Å²) in [5.74, 6) is 0. The topological polar surface area (TPSA) is 190 Å². The molecular weight excluding hydrogens is 320 g/mol. The van der Waals surface area contributed by atoms with Crippen LogP contribution in [0.15, 0.2) is 0 Å². The van der Waals surface area contributed by atoms with Gasteiger partial charge in [0.05, 0.1) is 13.2 Å². The number of hydrogen-bond donors (Lipinski definition) is 8. The van der Waals surface area contributed by atoms with Gasteiger partial charge in [0.1, 0.15) is 48.8 Å². The van der Waals surface area contributed by atoms with E-state index in [1.807, 2.05) is 0 Å². The van der Waals surface area contributed by atoms with Crippen molar-refractivity contribution in [1.82, 2.24) is 0 Å². The van der Waals surface area contributed by atoms with Crippen molar-refractivity contribution >= 4 is 0 Å². The van der Waals surface area contributed by atoms with Crippen molar-refractivity contribution in [2.45, 2.75) is 61.4 Å². The molecule has 11 nitrogen and oxygen atoms in total. The first-order chi connectivity index (χ1) is 10.8. The maximum absolute atomic E-state index is 9.84. The Bertz CT molecular complexity index is 344. The van der Waals surface area contributed by atoms with Crippen LogP contribution < -0.4 is 0 Å². The third kappa shape index (κ3) is 3.65. The number of hydrogen-bond acceptors (Lipinski definition) is 11. The van der Waals surface area contributed by atoms with Gasteiger partial charge in [-0.2, -0.15) is 0 Å². The van der Waals surface area contributed by atoms with Gasteiger partial charge in [-0.15, -0.1) is 0 Å². The van der Waals surface area contributed by atoms with Crippen LogP contribution in [0.2, 0.25) is 0 Å². The van der Waals surface area contributed by atoms with Gasteiger partial charge in [0, 0.05) is 0 Å². The predicted molar refractivity (Wildman–Crippen MR) is 68.6 cm³/mol. The second-order valence-corrected chi connectivity index (χ2v) is 5.53. The Morgan fingerprint density at radius 1 is 0.565 bits per heavy atom. The summed E-state index contributed by atoms with van der Waals surface area (Å²) >= 11 is 0. The van der Waals surface area contributed by atoms with Gasteiger partial charge in [-0.3, -0.25) is 0 Å². The maximum atomic E-state index is 9.84. The van der Waals surface area contributed by atoms with Crippen LogP contribution in [-0.4, -0.2) is 115 Å². The number of aliphatic hydroxyl groups excluding tert-OH is 8. The Labute approximate surface area is 130 Å². The van der Waals surface area contributed by atoms with Gasteiger partial charge < -0.3 is 55.1 Å². The number of ether oxygens (including phenoxy) is 3. The molecule has 0 amide bonds. The van der Waals surface area contributed by atoms with Crippen LogP contribution in [0.4, 0.5) is 0 Å². The molecule has 2 saturated heterocycles. The fraction of sp³-hybridized carbons (Fsp3) is 1.00.